The Bertz CT molecular complexity index is 666. The molecule has 0 aromatic rings. The molecule has 0 N–H and O–H groups in total. The highest BCUT2D eigenvalue weighted by Crippen LogP contribution is 2.25. The van der Waals surface area contributed by atoms with Crippen molar-refractivity contribution in [3.63, 3.8) is 0 Å². The van der Waals surface area contributed by atoms with Gasteiger partial charge in [0.25, 0.3) is 0 Å². The Morgan fingerprint density at radius 3 is 1.21 bits per heavy atom. The fourth-order valence-electron chi connectivity index (χ4n) is 5.01. The summed E-state index contributed by atoms with van der Waals surface area (Å²) in [7, 11) is -5.23. The van der Waals surface area contributed by atoms with E-state index < -0.39 is 32.5 Å². The summed E-state index contributed by atoms with van der Waals surface area (Å²) in [5.74, 6) is -0.948. The molecule has 42 heavy (non-hydrogen) atoms. The maximum Gasteiger partial charge on any atom is 0.306 e. The first-order valence-corrected chi connectivity index (χ1v) is 18.8. The maximum atomic E-state index is 12.3. The van der Waals surface area contributed by atoms with Crippen molar-refractivity contribution in [2.45, 2.75) is 187 Å². The second kappa shape index (κ2) is 30.1. The first-order chi connectivity index (χ1) is 20.3. The van der Waals surface area contributed by atoms with Crippen LogP contribution in [0.5, 0.6) is 0 Å². The Morgan fingerprint density at radius 2 is 0.857 bits per heavy atom. The van der Waals surface area contributed by atoms with Crippen LogP contribution >= 0.6 is 7.82 Å². The molecular weight excluding hydrogens is 555 g/mol. The van der Waals surface area contributed by atoms with Crippen LogP contribution in [0.15, 0.2) is 0 Å². The van der Waals surface area contributed by atoms with Gasteiger partial charge < -0.3 is 28.3 Å². The van der Waals surface area contributed by atoms with Crippen molar-refractivity contribution in [2.75, 3.05) is 13.2 Å². The maximum absolute atomic E-state index is 12.3. The summed E-state index contributed by atoms with van der Waals surface area (Å²) in [5.41, 5.74) is 0. The van der Waals surface area contributed by atoms with E-state index in [4.69, 9.17) is 9.47 Å². The van der Waals surface area contributed by atoms with Gasteiger partial charge in [0.1, 0.15) is 6.61 Å². The molecule has 0 aliphatic heterocycles. The molecule has 0 aromatic carbocycles. The minimum Gasteiger partial charge on any atom is -0.790 e. The summed E-state index contributed by atoms with van der Waals surface area (Å²) < 4.78 is 25.7. The molecule has 9 heteroatoms. The molecule has 8 nitrogen and oxygen atoms in total. The number of hydrogen-bond acceptors (Lipinski definition) is 8. The number of hydrogen-bond donors (Lipinski definition) is 0. The summed E-state index contributed by atoms with van der Waals surface area (Å²) in [6, 6.07) is 0. The molecule has 0 saturated carbocycles. The molecule has 250 valence electrons. The highest BCUT2D eigenvalue weighted by Gasteiger charge is 2.18. The third-order valence-corrected chi connectivity index (χ3v) is 8.08. The van der Waals surface area contributed by atoms with Gasteiger partial charge in [-0.05, 0) is 12.8 Å². The third kappa shape index (κ3) is 32.0. The van der Waals surface area contributed by atoms with E-state index >= 15 is 0 Å². The van der Waals surface area contributed by atoms with Crippen LogP contribution in [0.25, 0.3) is 0 Å². The fraction of sp³-hybridized carbons (Fsp3) is 0.939. The van der Waals surface area contributed by atoms with Gasteiger partial charge in [0, 0.05) is 12.8 Å². The zero-order valence-electron chi connectivity index (χ0n) is 27.1. The van der Waals surface area contributed by atoms with Crippen LogP contribution in [-0.4, -0.2) is 31.3 Å². The Labute approximate surface area is 257 Å². The number of esters is 2. The predicted molar refractivity (Wildman–Crippen MR) is 166 cm³/mol. The summed E-state index contributed by atoms with van der Waals surface area (Å²) in [5, 5.41) is 0. The fourth-order valence-corrected chi connectivity index (χ4v) is 5.36. The summed E-state index contributed by atoms with van der Waals surface area (Å²) in [6.45, 7) is 3.48. The van der Waals surface area contributed by atoms with E-state index in [2.05, 4.69) is 18.4 Å². The standard InChI is InChI=1S/C33H65O8P/c1-3-5-7-9-11-13-15-17-19-21-23-25-27-32(34)39-29-31(30-40-42(36,37)38)41-33(35)28-26-24-22-20-18-16-14-12-10-8-6-4-2/h31H,3-30H2,1-2H3,(H2,36,37,38)/p-2/t31-/m1/s1. The van der Waals surface area contributed by atoms with E-state index in [0.29, 0.717) is 12.8 Å². The molecule has 1 atom stereocenters. The zero-order chi connectivity index (χ0) is 31.2. The van der Waals surface area contributed by atoms with Crippen LogP contribution in [0, 0.1) is 0 Å². The van der Waals surface area contributed by atoms with Crippen LogP contribution in [-0.2, 0) is 28.2 Å². The van der Waals surface area contributed by atoms with E-state index in [9.17, 15) is 23.9 Å². The molecule has 0 fully saturated rings. The molecule has 0 saturated heterocycles. The number of rotatable bonds is 32. The minimum atomic E-state index is -5.23. The molecule has 0 unspecified atom stereocenters. The smallest absolute Gasteiger partial charge is 0.306 e. The average molecular weight is 619 g/mol. The monoisotopic (exact) mass is 618 g/mol. The quantitative estimate of drug-likeness (QED) is 0.0417. The van der Waals surface area contributed by atoms with Gasteiger partial charge in [0.2, 0.25) is 0 Å². The predicted octanol–water partition coefficient (Wildman–Crippen LogP) is 8.47. The van der Waals surface area contributed by atoms with Gasteiger partial charge in [-0.3, -0.25) is 9.59 Å². The van der Waals surface area contributed by atoms with Gasteiger partial charge in [-0.25, -0.2) is 0 Å². The molecule has 0 rings (SSSR count). The van der Waals surface area contributed by atoms with Crippen LogP contribution in [0.3, 0.4) is 0 Å². The van der Waals surface area contributed by atoms with Crippen molar-refractivity contribution in [1.82, 2.24) is 0 Å². The molecule has 0 bridgehead atoms. The van der Waals surface area contributed by atoms with Crippen LogP contribution in [0.4, 0.5) is 0 Å². The SMILES string of the molecule is CCCCCCCCCCCCCCC(=O)OC[C@H](COP(=O)([O-])[O-])OC(=O)CCCCCCCCCCCCCC. The second-order valence-corrected chi connectivity index (χ2v) is 13.0. The van der Waals surface area contributed by atoms with Gasteiger partial charge in [-0.1, -0.05) is 155 Å². The molecule has 0 aliphatic rings. The van der Waals surface area contributed by atoms with Gasteiger partial charge in [0.15, 0.2) is 6.10 Å². The normalized spacial score (nSPS) is 12.4. The first kappa shape index (κ1) is 41.0. The highest BCUT2D eigenvalue weighted by atomic mass is 31.2. The topological polar surface area (TPSA) is 125 Å². The number of carbonyl (C=O) groups excluding carboxylic acids is 2. The third-order valence-electron chi connectivity index (χ3n) is 7.62. The van der Waals surface area contributed by atoms with Crippen molar-refractivity contribution in [1.29, 1.82) is 0 Å². The molecule has 0 aliphatic carbocycles. The minimum absolute atomic E-state index is 0.188. The molecule has 0 spiro atoms. The van der Waals surface area contributed by atoms with Crippen molar-refractivity contribution < 1.29 is 37.9 Å². The number of carbonyl (C=O) groups is 2. The van der Waals surface area contributed by atoms with Gasteiger partial charge in [-0.2, -0.15) is 0 Å². The van der Waals surface area contributed by atoms with Gasteiger partial charge >= 0.3 is 11.9 Å². The Morgan fingerprint density at radius 1 is 0.524 bits per heavy atom. The van der Waals surface area contributed by atoms with E-state index in [0.717, 1.165) is 32.1 Å². The van der Waals surface area contributed by atoms with Crippen LogP contribution in [0.2, 0.25) is 0 Å². The summed E-state index contributed by atoms with van der Waals surface area (Å²) >= 11 is 0. The largest absolute Gasteiger partial charge is 0.790 e. The van der Waals surface area contributed by atoms with E-state index in [1.807, 2.05) is 0 Å². The molecule has 0 amide bonds. The first-order valence-electron chi connectivity index (χ1n) is 17.3. The summed E-state index contributed by atoms with van der Waals surface area (Å²) in [4.78, 5) is 46.2. The molecule has 0 heterocycles. The Kier molecular flexibility index (Phi) is 29.4. The van der Waals surface area contributed by atoms with Gasteiger partial charge in [-0.15, -0.1) is 0 Å². The lowest BCUT2D eigenvalue weighted by Crippen LogP contribution is -2.31. The number of ether oxygens (including phenoxy) is 2. The lowest BCUT2D eigenvalue weighted by atomic mass is 10.0. The van der Waals surface area contributed by atoms with Crippen molar-refractivity contribution in [2.24, 2.45) is 0 Å². The Balaban J connectivity index is 3.97. The Hall–Kier alpha value is -0.950. The molecule has 0 radical (unpaired) electrons. The average Bonchev–Trinajstić information content (AvgIpc) is 2.95. The van der Waals surface area contributed by atoms with E-state index in [-0.39, 0.29) is 19.4 Å². The van der Waals surface area contributed by atoms with Gasteiger partial charge in [0.05, 0.1) is 14.4 Å². The number of phosphoric ester groups is 1. The molecular formula is C33H63O8P-2. The second-order valence-electron chi connectivity index (χ2n) is 11.8. The van der Waals surface area contributed by atoms with Crippen molar-refractivity contribution in [3.8, 4) is 0 Å². The zero-order valence-corrected chi connectivity index (χ0v) is 28.0. The van der Waals surface area contributed by atoms with E-state index in [1.54, 1.807) is 0 Å². The summed E-state index contributed by atoms with van der Waals surface area (Å²) in [6.07, 6.45) is 27.8. The highest BCUT2D eigenvalue weighted by molar-refractivity contribution is 7.43. The number of phosphoric acid groups is 1. The lowest BCUT2D eigenvalue weighted by molar-refractivity contribution is -0.343. The van der Waals surface area contributed by atoms with Crippen LogP contribution in [0.1, 0.15) is 181 Å². The lowest BCUT2D eigenvalue weighted by Gasteiger charge is -2.30. The van der Waals surface area contributed by atoms with E-state index in [1.165, 1.54) is 109 Å². The molecule has 0 aromatic heterocycles. The van der Waals surface area contributed by atoms with Crippen LogP contribution < -0.4 is 9.79 Å². The van der Waals surface area contributed by atoms with Crippen molar-refractivity contribution in [3.05, 3.63) is 0 Å². The van der Waals surface area contributed by atoms with Crippen molar-refractivity contribution >= 4 is 19.8 Å². The number of unbranched alkanes of at least 4 members (excludes halogenated alkanes) is 22.